The van der Waals surface area contributed by atoms with Gasteiger partial charge in [-0.15, -0.1) is 0 Å². The molecule has 19 heavy (non-hydrogen) atoms. The minimum absolute atomic E-state index is 0.731. The first kappa shape index (κ1) is 14.5. The Morgan fingerprint density at radius 2 is 1.95 bits per heavy atom. The van der Waals surface area contributed by atoms with Crippen LogP contribution in [0.3, 0.4) is 0 Å². The average Bonchev–Trinajstić information content (AvgIpc) is 2.77. The fourth-order valence-electron chi connectivity index (χ4n) is 2.97. The molecule has 1 aromatic carbocycles. The predicted molar refractivity (Wildman–Crippen MR) is 81.1 cm³/mol. The molecule has 1 atom stereocenters. The first-order valence-corrected chi connectivity index (χ1v) is 7.32. The SMILES string of the molecule is CN1CCC(CN(C)Cc2ccc(CCN)cc2)C1. The Hall–Kier alpha value is -0.900. The van der Waals surface area contributed by atoms with E-state index in [1.54, 1.807) is 0 Å². The van der Waals surface area contributed by atoms with E-state index < -0.39 is 0 Å². The third-order valence-electron chi connectivity index (χ3n) is 3.97. The first-order valence-electron chi connectivity index (χ1n) is 7.32. The van der Waals surface area contributed by atoms with Crippen molar-refractivity contribution in [2.75, 3.05) is 40.3 Å². The Kier molecular flexibility index (Phi) is 5.37. The van der Waals surface area contributed by atoms with E-state index in [9.17, 15) is 0 Å². The second kappa shape index (κ2) is 7.04. The topological polar surface area (TPSA) is 32.5 Å². The van der Waals surface area contributed by atoms with Gasteiger partial charge in [-0.25, -0.2) is 0 Å². The van der Waals surface area contributed by atoms with E-state index in [1.807, 2.05) is 0 Å². The third-order valence-corrected chi connectivity index (χ3v) is 3.97. The van der Waals surface area contributed by atoms with Crippen LogP contribution < -0.4 is 5.73 Å². The average molecular weight is 261 g/mol. The molecule has 1 heterocycles. The maximum Gasteiger partial charge on any atom is 0.0230 e. The highest BCUT2D eigenvalue weighted by molar-refractivity contribution is 5.22. The quantitative estimate of drug-likeness (QED) is 0.844. The lowest BCUT2D eigenvalue weighted by Crippen LogP contribution is -2.27. The van der Waals surface area contributed by atoms with Gasteiger partial charge in [-0.2, -0.15) is 0 Å². The van der Waals surface area contributed by atoms with Gasteiger partial charge in [0.2, 0.25) is 0 Å². The second-order valence-electron chi connectivity index (χ2n) is 5.97. The summed E-state index contributed by atoms with van der Waals surface area (Å²) in [5.74, 6) is 0.839. The highest BCUT2D eigenvalue weighted by Crippen LogP contribution is 2.16. The van der Waals surface area contributed by atoms with Crippen LogP contribution in [0.4, 0.5) is 0 Å². The molecule has 0 amide bonds. The lowest BCUT2D eigenvalue weighted by atomic mass is 10.1. The van der Waals surface area contributed by atoms with Crippen LogP contribution in [-0.2, 0) is 13.0 Å². The van der Waals surface area contributed by atoms with E-state index in [2.05, 4.69) is 48.2 Å². The number of likely N-dealkylation sites (tertiary alicyclic amines) is 1. The minimum atomic E-state index is 0.731. The van der Waals surface area contributed by atoms with E-state index in [4.69, 9.17) is 5.73 Å². The van der Waals surface area contributed by atoms with Gasteiger partial charge in [-0.1, -0.05) is 24.3 Å². The van der Waals surface area contributed by atoms with Crippen LogP contribution in [0.5, 0.6) is 0 Å². The van der Waals surface area contributed by atoms with Gasteiger partial charge < -0.3 is 15.5 Å². The van der Waals surface area contributed by atoms with Crippen LogP contribution in [0.25, 0.3) is 0 Å². The van der Waals surface area contributed by atoms with Crippen LogP contribution >= 0.6 is 0 Å². The van der Waals surface area contributed by atoms with Crippen molar-refractivity contribution in [3.8, 4) is 0 Å². The van der Waals surface area contributed by atoms with E-state index in [1.165, 1.54) is 37.2 Å². The zero-order valence-corrected chi connectivity index (χ0v) is 12.3. The molecule has 0 spiro atoms. The summed E-state index contributed by atoms with van der Waals surface area (Å²) >= 11 is 0. The van der Waals surface area contributed by atoms with Crippen molar-refractivity contribution in [3.63, 3.8) is 0 Å². The molecule has 0 aromatic heterocycles. The third kappa shape index (κ3) is 4.60. The summed E-state index contributed by atoms with van der Waals surface area (Å²) in [6.07, 6.45) is 2.32. The molecule has 0 aliphatic carbocycles. The van der Waals surface area contributed by atoms with Crippen molar-refractivity contribution >= 4 is 0 Å². The molecule has 1 saturated heterocycles. The van der Waals surface area contributed by atoms with Crippen LogP contribution in [0, 0.1) is 5.92 Å². The van der Waals surface area contributed by atoms with Crippen molar-refractivity contribution < 1.29 is 0 Å². The molecule has 0 bridgehead atoms. The summed E-state index contributed by atoms with van der Waals surface area (Å²) in [6, 6.07) is 8.89. The van der Waals surface area contributed by atoms with E-state index in [-0.39, 0.29) is 0 Å². The normalized spacial score (nSPS) is 20.3. The van der Waals surface area contributed by atoms with Gasteiger partial charge in [0.15, 0.2) is 0 Å². The van der Waals surface area contributed by atoms with Crippen LogP contribution in [0.1, 0.15) is 17.5 Å². The first-order chi connectivity index (χ1) is 9.17. The van der Waals surface area contributed by atoms with E-state index in [0.717, 1.165) is 25.4 Å². The Bertz CT molecular complexity index is 374. The largest absolute Gasteiger partial charge is 0.330 e. The Morgan fingerprint density at radius 3 is 2.53 bits per heavy atom. The molecule has 0 radical (unpaired) electrons. The second-order valence-corrected chi connectivity index (χ2v) is 5.97. The molecular formula is C16H27N3. The van der Waals surface area contributed by atoms with Gasteiger partial charge >= 0.3 is 0 Å². The molecule has 2 N–H and O–H groups in total. The molecule has 1 aromatic rings. The fourth-order valence-corrected chi connectivity index (χ4v) is 2.97. The summed E-state index contributed by atoms with van der Waals surface area (Å²) in [5.41, 5.74) is 8.31. The molecule has 0 saturated carbocycles. The number of hydrogen-bond donors (Lipinski definition) is 1. The van der Waals surface area contributed by atoms with Crippen LogP contribution in [-0.4, -0.2) is 50.1 Å². The van der Waals surface area contributed by atoms with Crippen LogP contribution in [0.15, 0.2) is 24.3 Å². The van der Waals surface area contributed by atoms with Crippen molar-refractivity contribution in [1.29, 1.82) is 0 Å². The van der Waals surface area contributed by atoms with Crippen molar-refractivity contribution in [1.82, 2.24) is 9.80 Å². The zero-order valence-electron chi connectivity index (χ0n) is 12.3. The number of rotatable bonds is 6. The zero-order chi connectivity index (χ0) is 13.7. The van der Waals surface area contributed by atoms with Gasteiger partial charge in [0, 0.05) is 19.6 Å². The van der Waals surface area contributed by atoms with Gasteiger partial charge in [0.1, 0.15) is 0 Å². The molecule has 2 rings (SSSR count). The Labute approximate surface area is 117 Å². The summed E-state index contributed by atoms with van der Waals surface area (Å²) in [5, 5.41) is 0. The molecule has 106 valence electrons. The molecule has 3 heteroatoms. The highest BCUT2D eigenvalue weighted by Gasteiger charge is 2.20. The van der Waals surface area contributed by atoms with E-state index in [0.29, 0.717) is 0 Å². The molecule has 1 unspecified atom stereocenters. The number of hydrogen-bond acceptors (Lipinski definition) is 3. The molecule has 1 aliphatic heterocycles. The van der Waals surface area contributed by atoms with Crippen molar-refractivity contribution in [2.24, 2.45) is 11.7 Å². The summed E-state index contributed by atoms with van der Waals surface area (Å²) in [4.78, 5) is 4.88. The fraction of sp³-hybridized carbons (Fsp3) is 0.625. The number of nitrogens with zero attached hydrogens (tertiary/aromatic N) is 2. The smallest absolute Gasteiger partial charge is 0.0230 e. The molecule has 1 aliphatic rings. The Balaban J connectivity index is 1.79. The van der Waals surface area contributed by atoms with Crippen molar-refractivity contribution in [2.45, 2.75) is 19.4 Å². The number of benzene rings is 1. The maximum atomic E-state index is 5.57. The van der Waals surface area contributed by atoms with Gasteiger partial charge in [0.25, 0.3) is 0 Å². The number of nitrogens with two attached hydrogens (primary N) is 1. The Morgan fingerprint density at radius 1 is 1.26 bits per heavy atom. The summed E-state index contributed by atoms with van der Waals surface area (Å²) in [6.45, 7) is 5.48. The molecule has 3 nitrogen and oxygen atoms in total. The van der Waals surface area contributed by atoms with Gasteiger partial charge in [-0.3, -0.25) is 0 Å². The maximum absolute atomic E-state index is 5.57. The molecular weight excluding hydrogens is 234 g/mol. The summed E-state index contributed by atoms with van der Waals surface area (Å²) in [7, 11) is 4.45. The standard InChI is InChI=1S/C16H27N3/c1-18-10-8-16(12-18)13-19(2)11-15-5-3-14(4-6-15)7-9-17/h3-6,16H,7-13,17H2,1-2H3. The predicted octanol–water partition coefficient (Wildman–Crippen LogP) is 1.57. The van der Waals surface area contributed by atoms with E-state index >= 15 is 0 Å². The van der Waals surface area contributed by atoms with Gasteiger partial charge in [0.05, 0.1) is 0 Å². The minimum Gasteiger partial charge on any atom is -0.330 e. The summed E-state index contributed by atoms with van der Waals surface area (Å²) < 4.78 is 0. The lowest BCUT2D eigenvalue weighted by Gasteiger charge is -2.21. The monoisotopic (exact) mass is 261 g/mol. The van der Waals surface area contributed by atoms with Crippen LogP contribution in [0.2, 0.25) is 0 Å². The highest BCUT2D eigenvalue weighted by atomic mass is 15.1. The van der Waals surface area contributed by atoms with Crippen molar-refractivity contribution in [3.05, 3.63) is 35.4 Å². The molecule has 1 fully saturated rings. The lowest BCUT2D eigenvalue weighted by molar-refractivity contribution is 0.267. The van der Waals surface area contributed by atoms with Gasteiger partial charge in [-0.05, 0) is 57.1 Å².